The summed E-state index contributed by atoms with van der Waals surface area (Å²) in [6.07, 6.45) is 2.99. The minimum absolute atomic E-state index is 0.00834. The highest BCUT2D eigenvalue weighted by Gasteiger charge is 2.13. The number of carbonyl (C=O) groups excluding carboxylic acids is 1. The summed E-state index contributed by atoms with van der Waals surface area (Å²) in [6, 6.07) is 6.45. The van der Waals surface area contributed by atoms with Gasteiger partial charge in [0.2, 0.25) is 5.75 Å². The van der Waals surface area contributed by atoms with Crippen LogP contribution in [0.3, 0.4) is 0 Å². The molecule has 0 aliphatic carbocycles. The number of hydrogen-bond donors (Lipinski definition) is 1. The molecule has 0 bridgehead atoms. The van der Waals surface area contributed by atoms with E-state index in [0.717, 1.165) is 0 Å². The molecule has 8 heteroatoms. The van der Waals surface area contributed by atoms with Crippen molar-refractivity contribution in [2.24, 2.45) is 12.1 Å². The number of carbonyl (C=O) groups is 1. The highest BCUT2D eigenvalue weighted by molar-refractivity contribution is 5.94. The number of nitrogens with zero attached hydrogens (tertiary/aromatic N) is 2. The fourth-order valence-electron chi connectivity index (χ4n) is 2.26. The molecule has 1 N–H and O–H groups in total. The van der Waals surface area contributed by atoms with E-state index in [0.29, 0.717) is 29.4 Å². The number of benzene rings is 1. The molecule has 1 aromatic carbocycles. The standard InChI is InChI=1S/C18H21N3O5/c1-5-26-16-14(24-3)9-12(10-15(16)25-4)11-19-20-17(22)13-7-6-8-21(2)18(13)23/h6-11H,5H2,1-4H3,(H,20,22)/b19-11-. The largest absolute Gasteiger partial charge is 0.493 e. The van der Waals surface area contributed by atoms with Crippen molar-refractivity contribution in [1.29, 1.82) is 0 Å². The maximum absolute atomic E-state index is 12.1. The van der Waals surface area contributed by atoms with Crippen LogP contribution in [0.1, 0.15) is 22.8 Å². The molecule has 8 nitrogen and oxygen atoms in total. The third kappa shape index (κ3) is 4.21. The van der Waals surface area contributed by atoms with Gasteiger partial charge in [0, 0.05) is 18.8 Å². The van der Waals surface area contributed by atoms with Crippen LogP contribution in [0.4, 0.5) is 0 Å². The van der Waals surface area contributed by atoms with Crippen LogP contribution in [0, 0.1) is 0 Å². The Balaban J connectivity index is 2.21. The van der Waals surface area contributed by atoms with Gasteiger partial charge in [-0.25, -0.2) is 5.43 Å². The summed E-state index contributed by atoms with van der Waals surface area (Å²) in [5.41, 5.74) is 2.57. The van der Waals surface area contributed by atoms with Crippen molar-refractivity contribution in [3.05, 3.63) is 51.9 Å². The average molecular weight is 359 g/mol. The molecule has 0 spiro atoms. The summed E-state index contributed by atoms with van der Waals surface area (Å²) in [6.45, 7) is 2.32. The molecular formula is C18H21N3O5. The smallest absolute Gasteiger partial charge is 0.276 e. The van der Waals surface area contributed by atoms with E-state index in [9.17, 15) is 9.59 Å². The summed E-state index contributed by atoms with van der Waals surface area (Å²) in [5.74, 6) is 0.866. The Bertz CT molecular complexity index is 848. The summed E-state index contributed by atoms with van der Waals surface area (Å²) < 4.78 is 17.5. The quantitative estimate of drug-likeness (QED) is 0.598. The first-order valence-electron chi connectivity index (χ1n) is 7.89. The van der Waals surface area contributed by atoms with Crippen molar-refractivity contribution in [2.45, 2.75) is 6.92 Å². The average Bonchev–Trinajstić information content (AvgIpc) is 2.64. The summed E-state index contributed by atoms with van der Waals surface area (Å²) >= 11 is 0. The van der Waals surface area contributed by atoms with Crippen LogP contribution in [0.2, 0.25) is 0 Å². The van der Waals surface area contributed by atoms with Gasteiger partial charge in [0.25, 0.3) is 11.5 Å². The van der Waals surface area contributed by atoms with Gasteiger partial charge >= 0.3 is 0 Å². The Kier molecular flexibility index (Phi) is 6.37. The Morgan fingerprint density at radius 1 is 1.27 bits per heavy atom. The second kappa shape index (κ2) is 8.70. The number of amides is 1. The van der Waals surface area contributed by atoms with Crippen molar-refractivity contribution in [2.75, 3.05) is 20.8 Å². The number of ether oxygens (including phenoxy) is 3. The Hall–Kier alpha value is -3.29. The number of nitrogens with one attached hydrogen (secondary N) is 1. The van der Waals surface area contributed by atoms with Gasteiger partial charge in [0.1, 0.15) is 5.56 Å². The molecule has 0 saturated heterocycles. The Morgan fingerprint density at radius 2 is 1.92 bits per heavy atom. The molecule has 0 fully saturated rings. The lowest BCUT2D eigenvalue weighted by Crippen LogP contribution is -2.29. The van der Waals surface area contributed by atoms with Gasteiger partial charge < -0.3 is 18.8 Å². The molecule has 2 aromatic rings. The van der Waals surface area contributed by atoms with Crippen LogP contribution in [0.15, 0.2) is 40.4 Å². The Labute approximate surface area is 151 Å². The van der Waals surface area contributed by atoms with Gasteiger partial charge in [-0.15, -0.1) is 0 Å². The minimum atomic E-state index is -0.590. The van der Waals surface area contributed by atoms with Crippen molar-refractivity contribution in [1.82, 2.24) is 9.99 Å². The molecule has 0 unspecified atom stereocenters. The predicted octanol–water partition coefficient (Wildman–Crippen LogP) is 1.57. The third-order valence-corrected chi connectivity index (χ3v) is 3.52. The second-order valence-electron chi connectivity index (χ2n) is 5.22. The molecule has 0 aliphatic rings. The molecule has 1 heterocycles. The van der Waals surface area contributed by atoms with E-state index < -0.39 is 11.5 Å². The zero-order valence-electron chi connectivity index (χ0n) is 15.1. The number of pyridine rings is 1. The molecular weight excluding hydrogens is 338 g/mol. The van der Waals surface area contributed by atoms with E-state index in [1.165, 1.54) is 31.1 Å². The zero-order valence-corrected chi connectivity index (χ0v) is 15.1. The molecule has 0 atom stereocenters. The van der Waals surface area contributed by atoms with Crippen LogP contribution in [-0.4, -0.2) is 37.5 Å². The van der Waals surface area contributed by atoms with Crippen LogP contribution in [-0.2, 0) is 7.05 Å². The van der Waals surface area contributed by atoms with Crippen molar-refractivity contribution >= 4 is 12.1 Å². The molecule has 1 aromatic heterocycles. The lowest BCUT2D eigenvalue weighted by molar-refractivity contribution is 0.0953. The monoisotopic (exact) mass is 359 g/mol. The number of aromatic nitrogens is 1. The van der Waals surface area contributed by atoms with Gasteiger partial charge in [-0.2, -0.15) is 5.10 Å². The molecule has 0 saturated carbocycles. The van der Waals surface area contributed by atoms with Crippen LogP contribution in [0.25, 0.3) is 0 Å². The highest BCUT2D eigenvalue weighted by atomic mass is 16.5. The van der Waals surface area contributed by atoms with E-state index in [4.69, 9.17) is 14.2 Å². The fraction of sp³-hybridized carbons (Fsp3) is 0.278. The SMILES string of the molecule is CCOc1c(OC)cc(/C=N\NC(=O)c2cccn(C)c2=O)cc1OC. The minimum Gasteiger partial charge on any atom is -0.493 e. The number of rotatable bonds is 7. The van der Waals surface area contributed by atoms with Gasteiger partial charge in [-0.05, 0) is 31.2 Å². The highest BCUT2D eigenvalue weighted by Crippen LogP contribution is 2.38. The first-order chi connectivity index (χ1) is 12.5. The molecule has 0 radical (unpaired) electrons. The van der Waals surface area contributed by atoms with Crippen LogP contribution >= 0.6 is 0 Å². The van der Waals surface area contributed by atoms with E-state index in [2.05, 4.69) is 10.5 Å². The van der Waals surface area contributed by atoms with Gasteiger partial charge in [0.05, 0.1) is 27.0 Å². The van der Waals surface area contributed by atoms with Crippen molar-refractivity contribution in [3.8, 4) is 17.2 Å². The van der Waals surface area contributed by atoms with E-state index >= 15 is 0 Å². The number of aryl methyl sites for hydroxylation is 1. The van der Waals surface area contributed by atoms with Crippen LogP contribution < -0.4 is 25.2 Å². The first kappa shape index (κ1) is 19.0. The maximum Gasteiger partial charge on any atom is 0.276 e. The number of hydrogen-bond acceptors (Lipinski definition) is 6. The number of hydrazone groups is 1. The third-order valence-electron chi connectivity index (χ3n) is 3.52. The zero-order chi connectivity index (χ0) is 19.1. The van der Waals surface area contributed by atoms with E-state index in [1.807, 2.05) is 6.92 Å². The fourth-order valence-corrected chi connectivity index (χ4v) is 2.26. The first-order valence-corrected chi connectivity index (χ1v) is 7.89. The maximum atomic E-state index is 12.1. The molecule has 0 aliphatic heterocycles. The molecule has 26 heavy (non-hydrogen) atoms. The molecule has 138 valence electrons. The van der Waals surface area contributed by atoms with Gasteiger partial charge in [0.15, 0.2) is 11.5 Å². The Morgan fingerprint density at radius 3 is 2.50 bits per heavy atom. The summed E-state index contributed by atoms with van der Waals surface area (Å²) in [4.78, 5) is 24.0. The van der Waals surface area contributed by atoms with Crippen molar-refractivity contribution in [3.63, 3.8) is 0 Å². The summed E-state index contributed by atoms with van der Waals surface area (Å²) in [5, 5.41) is 3.89. The van der Waals surface area contributed by atoms with E-state index in [1.54, 1.807) is 31.4 Å². The lowest BCUT2D eigenvalue weighted by Gasteiger charge is -2.14. The lowest BCUT2D eigenvalue weighted by atomic mass is 10.2. The van der Waals surface area contributed by atoms with Crippen LogP contribution in [0.5, 0.6) is 17.2 Å². The summed E-state index contributed by atoms with van der Waals surface area (Å²) in [7, 11) is 4.61. The molecule has 1 amide bonds. The topological polar surface area (TPSA) is 91.1 Å². The van der Waals surface area contributed by atoms with Gasteiger partial charge in [-0.1, -0.05) is 0 Å². The second-order valence-corrected chi connectivity index (χ2v) is 5.22. The van der Waals surface area contributed by atoms with Gasteiger partial charge in [-0.3, -0.25) is 9.59 Å². The molecule has 2 rings (SSSR count). The van der Waals surface area contributed by atoms with Crippen molar-refractivity contribution < 1.29 is 19.0 Å². The normalized spacial score (nSPS) is 10.6. The van der Waals surface area contributed by atoms with E-state index in [-0.39, 0.29) is 5.56 Å². The number of methoxy groups -OCH3 is 2. The predicted molar refractivity (Wildman–Crippen MR) is 97.5 cm³/mol.